The van der Waals surface area contributed by atoms with E-state index in [1.54, 1.807) is 10.9 Å². The highest BCUT2D eigenvalue weighted by molar-refractivity contribution is 6.30. The van der Waals surface area contributed by atoms with Crippen molar-refractivity contribution in [3.8, 4) is 11.1 Å². The lowest BCUT2D eigenvalue weighted by atomic mass is 9.98. The maximum atomic E-state index is 12.7. The molecule has 2 aromatic rings. The lowest BCUT2D eigenvalue weighted by molar-refractivity contribution is -0.138. The van der Waals surface area contributed by atoms with Crippen LogP contribution in [0.5, 0.6) is 0 Å². The maximum Gasteiger partial charge on any atom is 0.231 e. The van der Waals surface area contributed by atoms with Crippen molar-refractivity contribution in [1.29, 1.82) is 0 Å². The summed E-state index contributed by atoms with van der Waals surface area (Å²) < 4.78 is 1.78. The molecular formula is C20H23ClN4O2. The number of carbonyl (C=O) groups is 2. The monoisotopic (exact) mass is 386 g/mol. The third-order valence-electron chi connectivity index (χ3n) is 5.54. The minimum Gasteiger partial charge on any atom is -0.340 e. The van der Waals surface area contributed by atoms with Gasteiger partial charge in [-0.2, -0.15) is 5.10 Å². The van der Waals surface area contributed by atoms with Crippen LogP contribution < -0.4 is 5.32 Å². The first-order chi connectivity index (χ1) is 13.0. The van der Waals surface area contributed by atoms with Gasteiger partial charge in [0.1, 0.15) is 5.82 Å². The Balaban J connectivity index is 1.50. The Morgan fingerprint density at radius 3 is 2.81 bits per heavy atom. The molecule has 0 saturated carbocycles. The first kappa shape index (κ1) is 18.0. The van der Waals surface area contributed by atoms with Crippen molar-refractivity contribution in [1.82, 2.24) is 14.7 Å². The van der Waals surface area contributed by atoms with E-state index in [0.717, 1.165) is 30.5 Å². The molecule has 4 rings (SSSR count). The van der Waals surface area contributed by atoms with Crippen molar-refractivity contribution >= 4 is 29.2 Å². The molecule has 2 amide bonds. The van der Waals surface area contributed by atoms with Crippen LogP contribution in [0.15, 0.2) is 30.5 Å². The number of hydrogen-bond acceptors (Lipinski definition) is 3. The van der Waals surface area contributed by atoms with Crippen LogP contribution in [-0.4, -0.2) is 39.1 Å². The summed E-state index contributed by atoms with van der Waals surface area (Å²) in [6.07, 6.45) is 5.22. The highest BCUT2D eigenvalue weighted by atomic mass is 35.5. The molecule has 0 radical (unpaired) electrons. The zero-order valence-corrected chi connectivity index (χ0v) is 16.1. The van der Waals surface area contributed by atoms with Crippen molar-refractivity contribution in [2.75, 3.05) is 11.9 Å². The van der Waals surface area contributed by atoms with E-state index in [2.05, 4.69) is 17.3 Å². The lowest BCUT2D eigenvalue weighted by Crippen LogP contribution is -2.44. The van der Waals surface area contributed by atoms with E-state index in [-0.39, 0.29) is 24.3 Å². The molecule has 2 aliphatic heterocycles. The van der Waals surface area contributed by atoms with Gasteiger partial charge >= 0.3 is 0 Å². The van der Waals surface area contributed by atoms with Gasteiger partial charge < -0.3 is 10.2 Å². The predicted octanol–water partition coefficient (Wildman–Crippen LogP) is 3.56. The van der Waals surface area contributed by atoms with Gasteiger partial charge in [0.05, 0.1) is 18.7 Å². The van der Waals surface area contributed by atoms with E-state index in [9.17, 15) is 9.59 Å². The molecule has 1 saturated heterocycles. The molecule has 0 aliphatic carbocycles. The molecule has 2 aliphatic rings. The summed E-state index contributed by atoms with van der Waals surface area (Å²) >= 11 is 5.95. The molecule has 7 heteroatoms. The number of amides is 2. The number of carbonyl (C=O) groups excluding carboxylic acids is 2. The summed E-state index contributed by atoms with van der Waals surface area (Å²) in [7, 11) is 0. The lowest BCUT2D eigenvalue weighted by Gasteiger charge is -2.34. The second-order valence-corrected chi connectivity index (χ2v) is 7.85. The SMILES string of the molecule is CC1CCCCN1C(=O)CC1Cn2ncc(-c3ccc(Cl)cc3)c2NC1=O. The van der Waals surface area contributed by atoms with Crippen LogP contribution in [0.2, 0.25) is 5.02 Å². The van der Waals surface area contributed by atoms with Gasteiger partial charge in [-0.25, -0.2) is 4.68 Å². The van der Waals surface area contributed by atoms with E-state index in [1.807, 2.05) is 29.2 Å². The number of nitrogens with one attached hydrogen (secondary N) is 1. The minimum atomic E-state index is -0.392. The molecule has 0 spiro atoms. The summed E-state index contributed by atoms with van der Waals surface area (Å²) in [6.45, 7) is 3.30. The summed E-state index contributed by atoms with van der Waals surface area (Å²) in [5.74, 6) is 0.238. The van der Waals surface area contributed by atoms with Crippen molar-refractivity contribution in [2.24, 2.45) is 5.92 Å². The van der Waals surface area contributed by atoms with Gasteiger partial charge in [0.15, 0.2) is 0 Å². The second-order valence-electron chi connectivity index (χ2n) is 7.42. The maximum absolute atomic E-state index is 12.7. The van der Waals surface area contributed by atoms with E-state index in [1.165, 1.54) is 6.42 Å². The number of fused-ring (bicyclic) bond motifs is 1. The van der Waals surface area contributed by atoms with E-state index in [0.29, 0.717) is 17.4 Å². The molecular weight excluding hydrogens is 364 g/mol. The zero-order chi connectivity index (χ0) is 19.0. The van der Waals surface area contributed by atoms with Gasteiger partial charge in [0.25, 0.3) is 0 Å². The molecule has 1 aromatic heterocycles. The van der Waals surface area contributed by atoms with Gasteiger partial charge in [-0.05, 0) is 43.9 Å². The number of likely N-dealkylation sites (tertiary alicyclic amines) is 1. The standard InChI is InChI=1S/C20H23ClN4O2/c1-13-4-2-3-9-24(13)18(26)10-15-12-25-19(23-20(15)27)17(11-22-25)14-5-7-16(21)8-6-14/h5-8,11,13,15H,2-4,9-10,12H2,1H3,(H,23,27). The molecule has 2 unspecified atom stereocenters. The highest BCUT2D eigenvalue weighted by Crippen LogP contribution is 2.33. The third-order valence-corrected chi connectivity index (χ3v) is 5.80. The Morgan fingerprint density at radius 2 is 2.07 bits per heavy atom. The van der Waals surface area contributed by atoms with Crippen molar-refractivity contribution in [3.05, 3.63) is 35.5 Å². The van der Waals surface area contributed by atoms with Crippen LogP contribution in [0.1, 0.15) is 32.6 Å². The zero-order valence-electron chi connectivity index (χ0n) is 15.3. The fourth-order valence-corrected chi connectivity index (χ4v) is 4.09. The Hall–Kier alpha value is -2.34. The average molecular weight is 387 g/mol. The van der Waals surface area contributed by atoms with Gasteiger partial charge in [-0.15, -0.1) is 0 Å². The Labute approximate surface area is 163 Å². The summed E-state index contributed by atoms with van der Waals surface area (Å²) in [5.41, 5.74) is 1.80. The fraction of sp³-hybridized carbons (Fsp3) is 0.450. The van der Waals surface area contributed by atoms with Gasteiger partial charge in [0, 0.05) is 29.6 Å². The molecule has 2 atom stereocenters. The Kier molecular flexibility index (Phi) is 4.91. The Morgan fingerprint density at radius 1 is 1.30 bits per heavy atom. The highest BCUT2D eigenvalue weighted by Gasteiger charge is 2.33. The average Bonchev–Trinajstić information content (AvgIpc) is 3.05. The number of rotatable bonds is 3. The van der Waals surface area contributed by atoms with E-state index < -0.39 is 5.92 Å². The number of nitrogens with zero attached hydrogens (tertiary/aromatic N) is 3. The summed E-state index contributed by atoms with van der Waals surface area (Å²) in [5, 5.41) is 8.03. The molecule has 1 fully saturated rings. The van der Waals surface area contributed by atoms with Gasteiger partial charge in [-0.1, -0.05) is 23.7 Å². The molecule has 6 nitrogen and oxygen atoms in total. The Bertz CT molecular complexity index is 861. The molecule has 142 valence electrons. The minimum absolute atomic E-state index is 0.0656. The van der Waals surface area contributed by atoms with Crippen LogP contribution in [0, 0.1) is 5.92 Å². The normalized spacial score (nSPS) is 22.3. The van der Waals surface area contributed by atoms with Crippen LogP contribution in [0.4, 0.5) is 5.82 Å². The predicted molar refractivity (Wildman–Crippen MR) is 104 cm³/mol. The van der Waals surface area contributed by atoms with Gasteiger partial charge in [-0.3, -0.25) is 9.59 Å². The van der Waals surface area contributed by atoms with Crippen molar-refractivity contribution in [2.45, 2.75) is 45.2 Å². The fourth-order valence-electron chi connectivity index (χ4n) is 3.96. The number of benzene rings is 1. The van der Waals surface area contributed by atoms with Gasteiger partial charge in [0.2, 0.25) is 11.8 Å². The molecule has 27 heavy (non-hydrogen) atoms. The quantitative estimate of drug-likeness (QED) is 0.876. The number of halogens is 1. The number of piperidine rings is 1. The first-order valence-electron chi connectivity index (χ1n) is 9.45. The largest absolute Gasteiger partial charge is 0.340 e. The van der Waals surface area contributed by atoms with Crippen LogP contribution in [-0.2, 0) is 16.1 Å². The number of anilines is 1. The number of aromatic nitrogens is 2. The van der Waals surface area contributed by atoms with Crippen molar-refractivity contribution < 1.29 is 9.59 Å². The molecule has 1 aromatic carbocycles. The summed E-state index contributed by atoms with van der Waals surface area (Å²) in [4.78, 5) is 27.3. The van der Waals surface area contributed by atoms with Crippen LogP contribution >= 0.6 is 11.6 Å². The van der Waals surface area contributed by atoms with E-state index >= 15 is 0 Å². The third kappa shape index (κ3) is 3.58. The van der Waals surface area contributed by atoms with E-state index in [4.69, 9.17) is 11.6 Å². The summed E-state index contributed by atoms with van der Waals surface area (Å²) in [6, 6.07) is 7.69. The molecule has 3 heterocycles. The second kappa shape index (κ2) is 7.35. The van der Waals surface area contributed by atoms with Crippen LogP contribution in [0.25, 0.3) is 11.1 Å². The van der Waals surface area contributed by atoms with Crippen molar-refractivity contribution in [3.63, 3.8) is 0 Å². The smallest absolute Gasteiger partial charge is 0.231 e. The first-order valence-corrected chi connectivity index (χ1v) is 9.83. The van der Waals surface area contributed by atoms with Crippen LogP contribution in [0.3, 0.4) is 0 Å². The number of hydrogen-bond donors (Lipinski definition) is 1. The molecule has 1 N–H and O–H groups in total. The topological polar surface area (TPSA) is 67.2 Å². The molecule has 0 bridgehead atoms.